The molecule has 11 heteroatoms. The Kier molecular flexibility index (Phi) is 21.6. The summed E-state index contributed by atoms with van der Waals surface area (Å²) in [5.41, 5.74) is 22.4. The number of rotatable bonds is 12. The van der Waals surface area contributed by atoms with Crippen LogP contribution in [0.2, 0.25) is 0 Å². The Morgan fingerprint density at radius 2 is 0.517 bits per heavy atom. The third-order valence-corrected chi connectivity index (χ3v) is 17.7. The van der Waals surface area contributed by atoms with E-state index < -0.39 is 23.4 Å². The molecule has 0 bridgehead atoms. The zero-order chi connectivity index (χ0) is 66.0. The second-order valence-electron chi connectivity index (χ2n) is 26.5. The van der Waals surface area contributed by atoms with E-state index >= 15 is 0 Å². The van der Waals surface area contributed by atoms with Crippen molar-refractivity contribution in [2.75, 3.05) is 0 Å². The average molecular weight is 1210 g/mol. The zero-order valence-corrected chi connectivity index (χ0v) is 57.2. The molecule has 0 aliphatic rings. The highest BCUT2D eigenvalue weighted by atomic mass is 19.4. The molecule has 0 radical (unpaired) electrons. The van der Waals surface area contributed by atoms with Gasteiger partial charge in [-0.05, 0) is 146 Å². The lowest BCUT2D eigenvalue weighted by molar-refractivity contribution is -0.661. The molecule has 0 saturated heterocycles. The van der Waals surface area contributed by atoms with Crippen molar-refractivity contribution >= 4 is 0 Å². The summed E-state index contributed by atoms with van der Waals surface area (Å²) in [4.78, 5) is 0. The summed E-state index contributed by atoms with van der Waals surface area (Å²) < 4.78 is 83.6. The molecule has 6 nitrogen and oxygen atoms in total. The van der Waals surface area contributed by atoms with E-state index in [1.165, 1.54) is 73.6 Å². The van der Waals surface area contributed by atoms with Crippen LogP contribution in [-0.2, 0) is 48.5 Å². The Bertz CT molecular complexity index is 3660. The van der Waals surface area contributed by atoms with E-state index in [9.17, 15) is 22.0 Å². The van der Waals surface area contributed by atoms with Crippen LogP contribution in [0.3, 0.4) is 0 Å². The second-order valence-corrected chi connectivity index (χ2v) is 26.5. The molecule has 0 amide bonds. The van der Waals surface area contributed by atoms with Gasteiger partial charge in [-0.3, -0.25) is 0 Å². The Balaban J connectivity index is 0.000000190. The van der Waals surface area contributed by atoms with Gasteiger partial charge in [-0.25, -0.2) is 36.2 Å². The van der Waals surface area contributed by atoms with Crippen molar-refractivity contribution in [1.29, 1.82) is 0 Å². The van der Waals surface area contributed by atoms with Crippen molar-refractivity contribution in [2.45, 2.75) is 159 Å². The molecule has 0 aliphatic heterocycles. The summed E-state index contributed by atoms with van der Waals surface area (Å²) in [7, 11) is 11.9. The molecule has 0 N–H and O–H groups in total. The molecular weight excluding hydrogens is 1120 g/mol. The maximum atomic E-state index is 14.9. The van der Waals surface area contributed by atoms with Crippen molar-refractivity contribution in [3.8, 4) is 67.5 Å². The van der Waals surface area contributed by atoms with Gasteiger partial charge in [-0.1, -0.05) is 89.2 Å². The van der Waals surface area contributed by atoms with Gasteiger partial charge in [-0.2, -0.15) is 13.2 Å². The fourth-order valence-electron chi connectivity index (χ4n) is 12.2. The SMILES string of the molecule is Cc1c(-c2ccc(C(C)C)c[n+]2C)c(F)cc(F)c1-c1ccc(C(C)C)c[n+]1C.Cc1c(-c2ccc(C(C)C)c[n+]2C)cc(C(F)(F)F)cc1-c1ccc(C(C)C)c[n+]1C.Cc1cc(C)c(-c2ccc(C(C)C)c[n+]2C)c(C)c1-c1ccc(C(C)C)c[n+]1C. The van der Waals surface area contributed by atoms with Gasteiger partial charge in [0.15, 0.2) is 37.2 Å². The smallest absolute Gasteiger partial charge is 0.206 e. The van der Waals surface area contributed by atoms with E-state index in [-0.39, 0.29) is 0 Å². The summed E-state index contributed by atoms with van der Waals surface area (Å²) in [6.07, 6.45) is 8.14. The van der Waals surface area contributed by atoms with Crippen molar-refractivity contribution in [3.63, 3.8) is 0 Å². The summed E-state index contributed by atoms with van der Waals surface area (Å²) in [5, 5.41) is 0. The Labute approximate surface area is 528 Å². The van der Waals surface area contributed by atoms with Crippen molar-refractivity contribution in [3.05, 3.63) is 213 Å². The van der Waals surface area contributed by atoms with Gasteiger partial charge in [0, 0.05) is 75.8 Å². The van der Waals surface area contributed by atoms with Gasteiger partial charge < -0.3 is 0 Å². The average Bonchev–Trinajstić information content (AvgIpc) is 0.916. The maximum absolute atomic E-state index is 14.9. The lowest BCUT2D eigenvalue weighted by Crippen LogP contribution is -2.33. The monoisotopic (exact) mass is 1210 g/mol. The van der Waals surface area contributed by atoms with E-state index in [0.717, 1.165) is 45.5 Å². The van der Waals surface area contributed by atoms with Crippen LogP contribution >= 0.6 is 0 Å². The van der Waals surface area contributed by atoms with Crippen LogP contribution in [0.5, 0.6) is 0 Å². The zero-order valence-electron chi connectivity index (χ0n) is 57.2. The van der Waals surface area contributed by atoms with Gasteiger partial charge in [0.05, 0.1) is 38.9 Å². The molecule has 6 aromatic heterocycles. The predicted molar refractivity (Wildman–Crippen MR) is 352 cm³/mol. The van der Waals surface area contributed by atoms with Crippen LogP contribution in [0.1, 0.15) is 185 Å². The van der Waals surface area contributed by atoms with Crippen LogP contribution in [-0.4, -0.2) is 0 Å². The van der Waals surface area contributed by atoms with Gasteiger partial charge in [0.2, 0.25) is 34.2 Å². The second kappa shape index (κ2) is 27.9. The molecule has 0 fully saturated rings. The molecule has 0 atom stereocenters. The quantitative estimate of drug-likeness (QED) is 0.0860. The number of hydrogen-bond acceptors (Lipinski definition) is 0. The molecule has 0 unspecified atom stereocenters. The van der Waals surface area contributed by atoms with E-state index in [1.54, 1.807) is 6.92 Å². The molecule has 468 valence electrons. The molecule has 89 heavy (non-hydrogen) atoms. The number of pyridine rings is 6. The number of halogens is 5. The molecule has 0 spiro atoms. The van der Waals surface area contributed by atoms with Crippen LogP contribution in [0, 0.1) is 46.3 Å². The van der Waals surface area contributed by atoms with Crippen molar-refractivity contribution in [2.24, 2.45) is 42.3 Å². The summed E-state index contributed by atoms with van der Waals surface area (Å²) in [6, 6.07) is 30.7. The number of aryl methyl sites for hydroxylation is 8. The number of aromatic nitrogens is 6. The molecule has 3 aromatic carbocycles. The highest BCUT2D eigenvalue weighted by Crippen LogP contribution is 2.40. The molecule has 0 saturated carbocycles. The first-order valence-electron chi connectivity index (χ1n) is 31.4. The summed E-state index contributed by atoms with van der Waals surface area (Å²) >= 11 is 0. The first kappa shape index (κ1) is 68.7. The summed E-state index contributed by atoms with van der Waals surface area (Å²) in [6.45, 7) is 36.3. The fourth-order valence-corrected chi connectivity index (χ4v) is 12.2. The Morgan fingerprint density at radius 1 is 0.292 bits per heavy atom. The summed E-state index contributed by atoms with van der Waals surface area (Å²) in [5.74, 6) is 1.42. The lowest BCUT2D eigenvalue weighted by Gasteiger charge is -2.16. The van der Waals surface area contributed by atoms with E-state index in [4.69, 9.17) is 0 Å². The molecular formula is C78H97F5N6+6. The van der Waals surface area contributed by atoms with E-state index in [0.29, 0.717) is 63.3 Å². The van der Waals surface area contributed by atoms with Crippen molar-refractivity contribution < 1.29 is 49.4 Å². The van der Waals surface area contributed by atoms with E-state index in [1.807, 2.05) is 127 Å². The van der Waals surface area contributed by atoms with Crippen LogP contribution in [0.25, 0.3) is 67.5 Å². The molecule has 0 aliphatic carbocycles. The van der Waals surface area contributed by atoms with Gasteiger partial charge in [0.1, 0.15) is 53.9 Å². The Hall–Kier alpha value is -7.79. The topological polar surface area (TPSA) is 23.3 Å². The van der Waals surface area contributed by atoms with Crippen LogP contribution < -0.4 is 27.4 Å². The van der Waals surface area contributed by atoms with Crippen LogP contribution in [0.4, 0.5) is 22.0 Å². The standard InChI is InChI=1S/C27H36N2.C26H31F3N2.C25H30F2N2/c1-17(2)22-10-12-24(28(8)15-22)26-19(5)14-20(6)27(21(26)7)25-13-11-23(18(3)4)16-29(25)9;1-16(2)19-8-10-24(30(6)14-19)22-12-21(26(27,28)29)13-23(18(22)5)25-11-9-20(17(3)4)15-31(25)7;1-15(2)18-8-10-22(28(6)13-18)24-17(5)25(21(27)12-20(24)26)23-11-9-19(16(3)4)14-29(23)7/h10-18H,1-9H3;8-17H,1-7H3;8-16H,1-7H3/q3*+2. The first-order chi connectivity index (χ1) is 41.6. The number of alkyl halides is 3. The number of hydrogen-bond donors (Lipinski definition) is 0. The van der Waals surface area contributed by atoms with Gasteiger partial charge in [0.25, 0.3) is 0 Å². The molecule has 9 rings (SSSR count). The maximum Gasteiger partial charge on any atom is 0.416 e. The Morgan fingerprint density at radius 3 is 0.742 bits per heavy atom. The minimum Gasteiger partial charge on any atom is -0.206 e. The highest BCUT2D eigenvalue weighted by molar-refractivity contribution is 5.79. The fraction of sp³-hybridized carbons (Fsp3) is 0.385. The molecule has 6 heterocycles. The third kappa shape index (κ3) is 15.1. The van der Waals surface area contributed by atoms with Gasteiger partial charge in [-0.15, -0.1) is 0 Å². The predicted octanol–water partition coefficient (Wildman–Crippen LogP) is 17.6. The normalized spacial score (nSPS) is 11.8. The first-order valence-corrected chi connectivity index (χ1v) is 31.4. The van der Waals surface area contributed by atoms with Crippen LogP contribution in [0.15, 0.2) is 134 Å². The number of nitrogens with zero attached hydrogens (tertiary/aromatic N) is 6. The lowest BCUT2D eigenvalue weighted by atomic mass is 9.88. The highest BCUT2D eigenvalue weighted by Gasteiger charge is 2.35. The van der Waals surface area contributed by atoms with E-state index in [2.05, 4.69) is 170 Å². The van der Waals surface area contributed by atoms with Gasteiger partial charge >= 0.3 is 6.18 Å². The largest absolute Gasteiger partial charge is 0.416 e. The minimum absolute atomic E-state index is 0.344. The van der Waals surface area contributed by atoms with Crippen molar-refractivity contribution in [1.82, 2.24) is 0 Å². The third-order valence-electron chi connectivity index (χ3n) is 17.7. The minimum atomic E-state index is -4.43. The molecule has 9 aromatic rings. The number of benzene rings is 3.